The number of aromatic nitrogens is 1. The highest BCUT2D eigenvalue weighted by atomic mass is 16.7. The lowest BCUT2D eigenvalue weighted by molar-refractivity contribution is -0.148. The second kappa shape index (κ2) is 4.70. The second-order valence-corrected chi connectivity index (χ2v) is 3.19. The first-order valence-electron chi connectivity index (χ1n) is 5.08. The van der Waals surface area contributed by atoms with Crippen LogP contribution in [0.3, 0.4) is 0 Å². The lowest BCUT2D eigenvalue weighted by atomic mass is 10.3. The molecule has 0 atom stereocenters. The number of hydrogen-bond acceptors (Lipinski definition) is 3. The van der Waals surface area contributed by atoms with Crippen molar-refractivity contribution in [2.45, 2.75) is 6.92 Å². The molecule has 0 unspecified atom stereocenters. The predicted molar refractivity (Wildman–Crippen MR) is 58.9 cm³/mol. The van der Waals surface area contributed by atoms with Crippen LogP contribution in [-0.4, -0.2) is 23.9 Å². The summed E-state index contributed by atoms with van der Waals surface area (Å²) in [4.78, 5) is 16.4. The number of nitrogens with zero attached hydrogens (tertiary/aromatic N) is 1. The fourth-order valence-corrected chi connectivity index (χ4v) is 1.42. The Morgan fingerprint density at radius 3 is 3.06 bits per heavy atom. The Morgan fingerprint density at radius 1 is 1.44 bits per heavy atom. The normalized spacial score (nSPS) is 10.3. The van der Waals surface area contributed by atoms with Crippen molar-refractivity contribution in [1.29, 1.82) is 0 Å². The molecule has 0 N–H and O–H groups in total. The molecule has 4 nitrogen and oxygen atoms in total. The van der Waals surface area contributed by atoms with Crippen LogP contribution < -0.4 is 4.84 Å². The monoisotopic (exact) mass is 218 g/mol. The number of carbonyl (C=O) groups excluding carboxylic acids is 1. The molecule has 0 aliphatic heterocycles. The molecule has 1 radical (unpaired) electrons. The molecule has 2 rings (SSSR count). The summed E-state index contributed by atoms with van der Waals surface area (Å²) in [5, 5.41) is 0.950. The summed E-state index contributed by atoms with van der Waals surface area (Å²) >= 11 is 0. The van der Waals surface area contributed by atoms with Crippen molar-refractivity contribution in [3.8, 4) is 0 Å². The third-order valence-electron chi connectivity index (χ3n) is 2.11. The summed E-state index contributed by atoms with van der Waals surface area (Å²) in [5.74, 6) is -0.375. The lowest BCUT2D eigenvalue weighted by Gasteiger charge is -2.07. The van der Waals surface area contributed by atoms with Crippen molar-refractivity contribution in [2.75, 3.05) is 13.2 Å². The van der Waals surface area contributed by atoms with Gasteiger partial charge in [-0.3, -0.25) is 0 Å². The van der Waals surface area contributed by atoms with Crippen LogP contribution in [0.1, 0.15) is 6.92 Å². The molecule has 0 spiro atoms. The molecular formula is C12H12NO3. The standard InChI is InChI=1S/C12H12NO3/c1-2-15-12(14)9-16-13-8-7-10-5-3-4-6-11(10)13/h3-6,8H,2,9H2,1H3. The van der Waals surface area contributed by atoms with Crippen LogP contribution in [-0.2, 0) is 9.53 Å². The molecule has 0 fully saturated rings. The van der Waals surface area contributed by atoms with Crippen LogP contribution in [0.2, 0.25) is 0 Å². The highest BCUT2D eigenvalue weighted by molar-refractivity contribution is 5.79. The van der Waals surface area contributed by atoms with E-state index in [1.165, 1.54) is 4.73 Å². The van der Waals surface area contributed by atoms with E-state index in [2.05, 4.69) is 6.07 Å². The van der Waals surface area contributed by atoms with Gasteiger partial charge in [0.2, 0.25) is 6.61 Å². The smallest absolute Gasteiger partial charge is 0.346 e. The first-order chi connectivity index (χ1) is 7.81. The number of esters is 1. The summed E-state index contributed by atoms with van der Waals surface area (Å²) in [6.45, 7) is 2.03. The Morgan fingerprint density at radius 2 is 2.25 bits per heavy atom. The molecule has 1 aromatic carbocycles. The molecule has 4 heteroatoms. The minimum absolute atomic E-state index is 0.0969. The van der Waals surface area contributed by atoms with Crippen LogP contribution in [0.15, 0.2) is 30.5 Å². The number of para-hydroxylation sites is 1. The molecule has 0 saturated heterocycles. The summed E-state index contributed by atoms with van der Waals surface area (Å²) in [5.41, 5.74) is 0.881. The Kier molecular flexibility index (Phi) is 3.10. The van der Waals surface area contributed by atoms with Gasteiger partial charge in [0.05, 0.1) is 18.3 Å². The number of hydrogen-bond donors (Lipinski definition) is 0. The van der Waals surface area contributed by atoms with E-state index in [4.69, 9.17) is 9.57 Å². The van der Waals surface area contributed by atoms with E-state index < -0.39 is 0 Å². The van der Waals surface area contributed by atoms with Crippen LogP contribution in [0.5, 0.6) is 0 Å². The minimum atomic E-state index is -0.375. The number of fused-ring (bicyclic) bond motifs is 1. The van der Waals surface area contributed by atoms with Gasteiger partial charge in [-0.1, -0.05) is 18.2 Å². The molecule has 0 aliphatic carbocycles. The molecule has 0 aliphatic rings. The molecule has 1 aromatic heterocycles. The van der Waals surface area contributed by atoms with Gasteiger partial charge in [0.15, 0.2) is 0 Å². The zero-order valence-corrected chi connectivity index (χ0v) is 8.97. The minimum Gasteiger partial charge on any atom is -0.463 e. The molecule has 83 valence electrons. The van der Waals surface area contributed by atoms with E-state index in [9.17, 15) is 4.79 Å². The molecular weight excluding hydrogens is 206 g/mol. The number of rotatable bonds is 4. The van der Waals surface area contributed by atoms with Crippen molar-refractivity contribution in [2.24, 2.45) is 0 Å². The molecule has 0 saturated carbocycles. The molecule has 0 bridgehead atoms. The van der Waals surface area contributed by atoms with E-state index in [1.807, 2.05) is 24.3 Å². The molecule has 1 heterocycles. The van der Waals surface area contributed by atoms with E-state index in [1.54, 1.807) is 13.1 Å². The van der Waals surface area contributed by atoms with Crippen LogP contribution in [0.4, 0.5) is 0 Å². The SMILES string of the molecule is CCOC(=O)COn1c[c]c2ccccc21. The summed E-state index contributed by atoms with van der Waals surface area (Å²) < 4.78 is 6.28. The van der Waals surface area contributed by atoms with Gasteiger partial charge < -0.3 is 9.57 Å². The predicted octanol–water partition coefficient (Wildman–Crippen LogP) is 1.43. The van der Waals surface area contributed by atoms with Gasteiger partial charge in [0, 0.05) is 11.5 Å². The van der Waals surface area contributed by atoms with Gasteiger partial charge in [0.1, 0.15) is 0 Å². The summed E-state index contributed by atoms with van der Waals surface area (Å²) in [7, 11) is 0. The van der Waals surface area contributed by atoms with Crippen molar-refractivity contribution in [3.05, 3.63) is 36.5 Å². The zero-order valence-electron chi connectivity index (χ0n) is 8.97. The van der Waals surface area contributed by atoms with Crippen molar-refractivity contribution < 1.29 is 14.4 Å². The average Bonchev–Trinajstić information content (AvgIpc) is 2.70. The van der Waals surface area contributed by atoms with E-state index >= 15 is 0 Å². The Balaban J connectivity index is 2.07. The Hall–Kier alpha value is -1.97. The lowest BCUT2D eigenvalue weighted by Crippen LogP contribution is -2.21. The third kappa shape index (κ3) is 2.16. The molecule has 0 amide bonds. The van der Waals surface area contributed by atoms with Gasteiger partial charge in [-0.15, -0.1) is 0 Å². The second-order valence-electron chi connectivity index (χ2n) is 3.19. The van der Waals surface area contributed by atoms with Gasteiger partial charge in [0.25, 0.3) is 0 Å². The van der Waals surface area contributed by atoms with Crippen molar-refractivity contribution in [3.63, 3.8) is 0 Å². The number of carbonyl (C=O) groups is 1. The number of benzene rings is 1. The molecule has 2 aromatic rings. The quantitative estimate of drug-likeness (QED) is 0.729. The maximum atomic E-state index is 11.1. The van der Waals surface area contributed by atoms with Gasteiger partial charge >= 0.3 is 5.97 Å². The van der Waals surface area contributed by atoms with Crippen molar-refractivity contribution in [1.82, 2.24) is 4.73 Å². The van der Waals surface area contributed by atoms with E-state index in [0.717, 1.165) is 10.9 Å². The maximum Gasteiger partial charge on any atom is 0.346 e. The van der Waals surface area contributed by atoms with E-state index in [-0.39, 0.29) is 12.6 Å². The first-order valence-corrected chi connectivity index (χ1v) is 5.08. The highest BCUT2D eigenvalue weighted by Crippen LogP contribution is 2.12. The van der Waals surface area contributed by atoms with Crippen LogP contribution >= 0.6 is 0 Å². The Bertz CT molecular complexity index is 490. The fraction of sp³-hybridized carbons (Fsp3) is 0.250. The summed E-state index contributed by atoms with van der Waals surface area (Å²) in [6, 6.07) is 10.7. The third-order valence-corrected chi connectivity index (χ3v) is 2.11. The fourth-order valence-electron chi connectivity index (χ4n) is 1.42. The summed E-state index contributed by atoms with van der Waals surface area (Å²) in [6.07, 6.45) is 1.66. The largest absolute Gasteiger partial charge is 0.463 e. The topological polar surface area (TPSA) is 40.5 Å². The maximum absolute atomic E-state index is 11.1. The molecule has 16 heavy (non-hydrogen) atoms. The number of ether oxygens (including phenoxy) is 1. The van der Waals surface area contributed by atoms with Crippen molar-refractivity contribution >= 4 is 16.9 Å². The zero-order chi connectivity index (χ0) is 11.4. The Labute approximate surface area is 93.3 Å². The van der Waals surface area contributed by atoms with Crippen LogP contribution in [0.25, 0.3) is 10.9 Å². The highest BCUT2D eigenvalue weighted by Gasteiger charge is 2.05. The van der Waals surface area contributed by atoms with Crippen LogP contribution in [0, 0.1) is 6.07 Å². The van der Waals surface area contributed by atoms with Gasteiger partial charge in [-0.25, -0.2) is 4.79 Å². The first kappa shape index (κ1) is 10.5. The van der Waals surface area contributed by atoms with Gasteiger partial charge in [-0.2, -0.15) is 4.73 Å². The van der Waals surface area contributed by atoms with E-state index in [0.29, 0.717) is 6.61 Å². The average molecular weight is 218 g/mol. The van der Waals surface area contributed by atoms with Gasteiger partial charge in [-0.05, 0) is 13.0 Å².